The van der Waals surface area contributed by atoms with Crippen molar-refractivity contribution in [1.82, 2.24) is 5.32 Å². The molecule has 1 aromatic heterocycles. The quantitative estimate of drug-likeness (QED) is 0.831. The highest BCUT2D eigenvalue weighted by atomic mass is 32.1. The molecule has 2 aliphatic rings. The summed E-state index contributed by atoms with van der Waals surface area (Å²) in [6.45, 7) is 0.382. The molecule has 4 rings (SSSR count). The van der Waals surface area contributed by atoms with Crippen LogP contribution in [0.15, 0.2) is 41.8 Å². The Hall–Kier alpha value is -2.18. The van der Waals surface area contributed by atoms with Crippen LogP contribution in [-0.2, 0) is 16.0 Å². The molecule has 2 amide bonds. The van der Waals surface area contributed by atoms with Crippen LogP contribution in [0.1, 0.15) is 22.8 Å². The van der Waals surface area contributed by atoms with Crippen molar-refractivity contribution >= 4 is 28.8 Å². The van der Waals surface area contributed by atoms with E-state index in [4.69, 9.17) is 0 Å². The standard InChI is InChI=1S/C19H20N2O3S/c22-12-19-10-15(19)14-5-1-2-6-16(14)21(18(19)24)11-17(23)20-8-7-13-4-3-9-25-13/h1-6,9,15,22H,7-8,10-12H2,(H,20,23). The summed E-state index contributed by atoms with van der Waals surface area (Å²) >= 11 is 1.67. The number of carbonyl (C=O) groups is 2. The van der Waals surface area contributed by atoms with Crippen molar-refractivity contribution in [3.05, 3.63) is 52.2 Å². The van der Waals surface area contributed by atoms with Crippen molar-refractivity contribution in [2.45, 2.75) is 18.8 Å². The molecule has 1 saturated carbocycles. The minimum Gasteiger partial charge on any atom is -0.395 e. The predicted octanol–water partition coefficient (Wildman–Crippen LogP) is 1.92. The zero-order chi connectivity index (χ0) is 17.4. The number of rotatable bonds is 6. The van der Waals surface area contributed by atoms with Crippen LogP contribution in [0, 0.1) is 5.41 Å². The summed E-state index contributed by atoms with van der Waals surface area (Å²) < 4.78 is 0. The van der Waals surface area contributed by atoms with Gasteiger partial charge < -0.3 is 15.3 Å². The smallest absolute Gasteiger partial charge is 0.240 e. The zero-order valence-electron chi connectivity index (χ0n) is 13.8. The van der Waals surface area contributed by atoms with Gasteiger partial charge in [-0.3, -0.25) is 9.59 Å². The molecule has 2 atom stereocenters. The second-order valence-corrected chi connectivity index (χ2v) is 7.73. The summed E-state index contributed by atoms with van der Waals surface area (Å²) in [5, 5.41) is 14.6. The molecule has 130 valence electrons. The molecule has 1 fully saturated rings. The summed E-state index contributed by atoms with van der Waals surface area (Å²) in [7, 11) is 0. The van der Waals surface area contributed by atoms with Gasteiger partial charge in [0.05, 0.1) is 12.0 Å². The first-order valence-electron chi connectivity index (χ1n) is 8.46. The van der Waals surface area contributed by atoms with Gasteiger partial charge >= 0.3 is 0 Å². The van der Waals surface area contributed by atoms with E-state index in [9.17, 15) is 14.7 Å². The van der Waals surface area contributed by atoms with E-state index >= 15 is 0 Å². The molecule has 2 N–H and O–H groups in total. The molecule has 0 radical (unpaired) electrons. The van der Waals surface area contributed by atoms with Gasteiger partial charge in [-0.25, -0.2) is 0 Å². The lowest BCUT2D eigenvalue weighted by molar-refractivity contribution is -0.128. The van der Waals surface area contributed by atoms with Crippen molar-refractivity contribution in [2.75, 3.05) is 24.6 Å². The van der Waals surface area contributed by atoms with E-state index in [1.54, 1.807) is 11.3 Å². The number of nitrogens with zero attached hydrogens (tertiary/aromatic N) is 1. The number of fused-ring (bicyclic) bond motifs is 3. The number of hydrogen-bond acceptors (Lipinski definition) is 4. The van der Waals surface area contributed by atoms with Crippen LogP contribution < -0.4 is 10.2 Å². The Morgan fingerprint density at radius 2 is 2.16 bits per heavy atom. The number of thiophene rings is 1. The Bertz CT molecular complexity index is 805. The van der Waals surface area contributed by atoms with Crippen molar-refractivity contribution in [1.29, 1.82) is 0 Å². The van der Waals surface area contributed by atoms with Crippen LogP contribution in [0.3, 0.4) is 0 Å². The maximum atomic E-state index is 12.9. The number of hydrogen-bond donors (Lipinski definition) is 2. The first-order valence-corrected chi connectivity index (χ1v) is 9.34. The number of aliphatic hydroxyl groups is 1. The van der Waals surface area contributed by atoms with E-state index in [1.807, 2.05) is 41.8 Å². The highest BCUT2D eigenvalue weighted by Crippen LogP contribution is 2.64. The van der Waals surface area contributed by atoms with Gasteiger partial charge in [0.1, 0.15) is 6.54 Å². The molecule has 5 nitrogen and oxygen atoms in total. The normalized spacial score (nSPS) is 23.8. The molecular weight excluding hydrogens is 336 g/mol. The van der Waals surface area contributed by atoms with Crippen LogP contribution in [0.4, 0.5) is 5.69 Å². The van der Waals surface area contributed by atoms with Crippen molar-refractivity contribution in [3.63, 3.8) is 0 Å². The molecule has 1 aromatic carbocycles. The van der Waals surface area contributed by atoms with Crippen LogP contribution in [0.2, 0.25) is 0 Å². The molecule has 2 unspecified atom stereocenters. The minimum atomic E-state index is -0.717. The lowest BCUT2D eigenvalue weighted by Crippen LogP contribution is -2.48. The third-order valence-electron chi connectivity index (χ3n) is 5.21. The lowest BCUT2D eigenvalue weighted by Gasteiger charge is -2.33. The van der Waals surface area contributed by atoms with Crippen molar-refractivity contribution in [3.8, 4) is 0 Å². The second kappa shape index (κ2) is 6.28. The monoisotopic (exact) mass is 356 g/mol. The molecule has 1 aliphatic heterocycles. The molecule has 1 aliphatic carbocycles. The summed E-state index contributed by atoms with van der Waals surface area (Å²) in [5.41, 5.74) is 1.14. The number of carbonyl (C=O) groups excluding carboxylic acids is 2. The Kier molecular flexibility index (Phi) is 4.09. The van der Waals surface area contributed by atoms with Gasteiger partial charge in [0.25, 0.3) is 0 Å². The van der Waals surface area contributed by atoms with Gasteiger partial charge in [0, 0.05) is 23.0 Å². The van der Waals surface area contributed by atoms with Crippen molar-refractivity contribution in [2.24, 2.45) is 5.41 Å². The average Bonchev–Trinajstić information content (AvgIpc) is 3.18. The molecular formula is C19H20N2O3S. The van der Waals surface area contributed by atoms with Gasteiger partial charge in [0.15, 0.2) is 0 Å². The van der Waals surface area contributed by atoms with E-state index in [0.29, 0.717) is 13.0 Å². The molecule has 0 saturated heterocycles. The predicted molar refractivity (Wildman–Crippen MR) is 96.7 cm³/mol. The molecule has 0 spiro atoms. The van der Waals surface area contributed by atoms with Crippen LogP contribution in [0.25, 0.3) is 0 Å². The maximum absolute atomic E-state index is 12.9. The first-order chi connectivity index (χ1) is 12.2. The maximum Gasteiger partial charge on any atom is 0.240 e. The highest BCUT2D eigenvalue weighted by molar-refractivity contribution is 7.09. The number of para-hydroxylation sites is 1. The molecule has 0 bridgehead atoms. The van der Waals surface area contributed by atoms with Gasteiger partial charge in [0.2, 0.25) is 11.8 Å². The number of amides is 2. The zero-order valence-corrected chi connectivity index (χ0v) is 14.6. The van der Waals surface area contributed by atoms with Crippen LogP contribution >= 0.6 is 11.3 Å². The van der Waals surface area contributed by atoms with E-state index in [2.05, 4.69) is 5.32 Å². The van der Waals surface area contributed by atoms with Crippen LogP contribution in [0.5, 0.6) is 0 Å². The summed E-state index contributed by atoms with van der Waals surface area (Å²) in [6.07, 6.45) is 1.45. The molecule has 2 aromatic rings. The van der Waals surface area contributed by atoms with E-state index in [0.717, 1.165) is 17.7 Å². The SMILES string of the molecule is O=C(CN1C(=O)C2(CO)CC2c2ccccc21)NCCc1cccs1. The van der Waals surface area contributed by atoms with Gasteiger partial charge in [-0.15, -0.1) is 11.3 Å². The van der Waals surface area contributed by atoms with Crippen molar-refractivity contribution < 1.29 is 14.7 Å². The third kappa shape index (κ3) is 2.75. The number of nitrogens with one attached hydrogen (secondary N) is 1. The van der Waals surface area contributed by atoms with E-state index in [1.165, 1.54) is 9.78 Å². The first kappa shape index (κ1) is 16.3. The van der Waals surface area contributed by atoms with E-state index in [-0.39, 0.29) is 30.9 Å². The van der Waals surface area contributed by atoms with Gasteiger partial charge in [-0.2, -0.15) is 0 Å². The van der Waals surface area contributed by atoms with E-state index < -0.39 is 5.41 Å². The fraction of sp³-hybridized carbons (Fsp3) is 0.368. The largest absolute Gasteiger partial charge is 0.395 e. The highest BCUT2D eigenvalue weighted by Gasteiger charge is 2.64. The Morgan fingerprint density at radius 3 is 2.92 bits per heavy atom. The summed E-state index contributed by atoms with van der Waals surface area (Å²) in [6, 6.07) is 11.7. The molecule has 2 heterocycles. The Morgan fingerprint density at radius 1 is 1.32 bits per heavy atom. The molecule has 6 heteroatoms. The number of anilines is 1. The minimum absolute atomic E-state index is 0.00520. The Labute approximate surface area is 150 Å². The Balaban J connectivity index is 1.46. The fourth-order valence-corrected chi connectivity index (χ4v) is 4.44. The molecule has 25 heavy (non-hydrogen) atoms. The summed E-state index contributed by atoms with van der Waals surface area (Å²) in [5.74, 6) is -0.224. The van der Waals surface area contributed by atoms with Gasteiger partial charge in [-0.1, -0.05) is 24.3 Å². The topological polar surface area (TPSA) is 69.6 Å². The number of benzene rings is 1. The second-order valence-electron chi connectivity index (χ2n) is 6.70. The lowest BCUT2D eigenvalue weighted by atomic mass is 9.92. The summed E-state index contributed by atoms with van der Waals surface area (Å²) in [4.78, 5) is 28.0. The number of aliphatic hydroxyl groups excluding tert-OH is 1. The average molecular weight is 356 g/mol. The fourth-order valence-electron chi connectivity index (χ4n) is 3.73. The van der Waals surface area contributed by atoms with Crippen LogP contribution in [-0.4, -0.2) is 36.6 Å². The van der Waals surface area contributed by atoms with Gasteiger partial charge in [-0.05, 0) is 35.9 Å². The third-order valence-corrected chi connectivity index (χ3v) is 6.14.